The van der Waals surface area contributed by atoms with Crippen LogP contribution in [0.2, 0.25) is 0 Å². The first kappa shape index (κ1) is 20.1. The second kappa shape index (κ2) is 8.81. The van der Waals surface area contributed by atoms with Crippen LogP contribution in [-0.2, 0) is 14.3 Å². The molecule has 1 fully saturated rings. The van der Waals surface area contributed by atoms with Gasteiger partial charge in [-0.1, -0.05) is 56.7 Å². The Labute approximate surface area is 146 Å². The van der Waals surface area contributed by atoms with Crippen molar-refractivity contribution >= 4 is 11.8 Å². The van der Waals surface area contributed by atoms with Gasteiger partial charge in [-0.15, -0.1) is 0 Å². The van der Waals surface area contributed by atoms with Crippen molar-refractivity contribution in [2.75, 3.05) is 7.11 Å². The molecule has 24 heavy (non-hydrogen) atoms. The Morgan fingerprint density at radius 1 is 1.21 bits per heavy atom. The summed E-state index contributed by atoms with van der Waals surface area (Å²) >= 11 is 0. The van der Waals surface area contributed by atoms with Gasteiger partial charge < -0.3 is 4.74 Å². The lowest BCUT2D eigenvalue weighted by Gasteiger charge is -2.40. The maximum Gasteiger partial charge on any atom is 0.330 e. The first-order valence-electron chi connectivity index (χ1n) is 8.49. The molecule has 0 radical (unpaired) electrons. The molecule has 3 heteroatoms. The van der Waals surface area contributed by atoms with Crippen molar-refractivity contribution in [2.24, 2.45) is 17.3 Å². The molecule has 0 aromatic heterocycles. The third-order valence-electron chi connectivity index (χ3n) is 4.80. The third kappa shape index (κ3) is 5.95. The van der Waals surface area contributed by atoms with E-state index in [1.54, 1.807) is 0 Å². The number of hydrogen-bond donors (Lipinski definition) is 0. The van der Waals surface area contributed by atoms with E-state index in [0.29, 0.717) is 12.2 Å². The quantitative estimate of drug-likeness (QED) is 0.413. The Morgan fingerprint density at radius 2 is 1.88 bits per heavy atom. The lowest BCUT2D eigenvalue weighted by Crippen LogP contribution is -2.37. The molecule has 0 aliphatic heterocycles. The van der Waals surface area contributed by atoms with Crippen molar-refractivity contribution in [3.63, 3.8) is 0 Å². The summed E-state index contributed by atoms with van der Waals surface area (Å²) in [6, 6.07) is 0. The molecule has 1 rings (SSSR count). The normalized spacial score (nSPS) is 25.5. The molecule has 0 spiro atoms. The van der Waals surface area contributed by atoms with Gasteiger partial charge in [0.1, 0.15) is 5.78 Å². The number of Topliss-reactive ketones (excluding diaryl/α,β-unsaturated/α-hetero) is 1. The van der Waals surface area contributed by atoms with Crippen LogP contribution >= 0.6 is 0 Å². The average molecular weight is 330 g/mol. The zero-order chi connectivity index (χ0) is 18.3. The van der Waals surface area contributed by atoms with Gasteiger partial charge in [0.25, 0.3) is 0 Å². The smallest absolute Gasteiger partial charge is 0.330 e. The van der Waals surface area contributed by atoms with Gasteiger partial charge in [0.15, 0.2) is 0 Å². The van der Waals surface area contributed by atoms with Crippen LogP contribution in [0.3, 0.4) is 0 Å². The van der Waals surface area contributed by atoms with Crippen LogP contribution in [0.1, 0.15) is 47.5 Å². The molecule has 0 amide bonds. The zero-order valence-electron chi connectivity index (χ0n) is 15.8. The van der Waals surface area contributed by atoms with Crippen LogP contribution < -0.4 is 0 Å². The van der Waals surface area contributed by atoms with Crippen LogP contribution in [-0.4, -0.2) is 18.9 Å². The maximum atomic E-state index is 12.0. The molecule has 0 N–H and O–H groups in total. The number of allylic oxidation sites excluding steroid dienone is 7. The van der Waals surface area contributed by atoms with Gasteiger partial charge in [0.05, 0.1) is 7.11 Å². The second-order valence-corrected chi connectivity index (χ2v) is 7.31. The van der Waals surface area contributed by atoms with Crippen LogP contribution in [0.5, 0.6) is 0 Å². The SMILES string of the molecule is COC(=O)/C=C(C)/C=C/C=C(C)/C=C/C1C(C)C(=O)CCC1(C)C. The fourth-order valence-electron chi connectivity index (χ4n) is 3.10. The predicted octanol–water partition coefficient (Wildman–Crippen LogP) is 4.81. The van der Waals surface area contributed by atoms with E-state index in [0.717, 1.165) is 17.6 Å². The minimum Gasteiger partial charge on any atom is -0.466 e. The van der Waals surface area contributed by atoms with Crippen LogP contribution in [0, 0.1) is 17.3 Å². The van der Waals surface area contributed by atoms with Gasteiger partial charge in [-0.25, -0.2) is 4.79 Å². The standard InChI is InChI=1S/C21H30O3/c1-15(8-7-9-16(2)14-20(23)24-6)10-11-18-17(3)19(22)12-13-21(18,4)5/h7-11,14,17-18H,12-13H2,1-6H3/b9-7+,11-10+,15-8+,16-14+. The average Bonchev–Trinajstić information content (AvgIpc) is 2.51. The monoisotopic (exact) mass is 330 g/mol. The summed E-state index contributed by atoms with van der Waals surface area (Å²) in [5.41, 5.74) is 2.10. The first-order valence-corrected chi connectivity index (χ1v) is 8.49. The minimum absolute atomic E-state index is 0.0820. The molecular formula is C21H30O3. The van der Waals surface area contributed by atoms with Crippen molar-refractivity contribution in [1.82, 2.24) is 0 Å². The third-order valence-corrected chi connectivity index (χ3v) is 4.80. The van der Waals surface area contributed by atoms with E-state index in [9.17, 15) is 9.59 Å². The van der Waals surface area contributed by atoms with Gasteiger partial charge in [0, 0.05) is 18.4 Å². The highest BCUT2D eigenvalue weighted by Crippen LogP contribution is 2.43. The molecule has 2 unspecified atom stereocenters. The first-order chi connectivity index (χ1) is 11.2. The number of carbonyl (C=O) groups is 2. The number of hydrogen-bond acceptors (Lipinski definition) is 3. The van der Waals surface area contributed by atoms with Gasteiger partial charge in [0.2, 0.25) is 0 Å². The molecule has 1 saturated carbocycles. The number of rotatable bonds is 5. The fourth-order valence-corrected chi connectivity index (χ4v) is 3.10. The van der Waals surface area contributed by atoms with E-state index < -0.39 is 0 Å². The van der Waals surface area contributed by atoms with E-state index in [1.165, 1.54) is 13.2 Å². The van der Waals surface area contributed by atoms with Crippen molar-refractivity contribution < 1.29 is 14.3 Å². The lowest BCUT2D eigenvalue weighted by atomic mass is 9.63. The van der Waals surface area contributed by atoms with E-state index in [4.69, 9.17) is 0 Å². The van der Waals surface area contributed by atoms with Crippen LogP contribution in [0.25, 0.3) is 0 Å². The zero-order valence-corrected chi connectivity index (χ0v) is 15.8. The summed E-state index contributed by atoms with van der Waals surface area (Å²) in [6.45, 7) is 10.4. The number of methoxy groups -OCH3 is 1. The minimum atomic E-state index is -0.351. The Balaban J connectivity index is 2.76. The molecule has 1 aliphatic rings. The molecule has 2 atom stereocenters. The van der Waals surface area contributed by atoms with Crippen LogP contribution in [0.15, 0.2) is 47.6 Å². The summed E-state index contributed by atoms with van der Waals surface area (Å²) in [4.78, 5) is 23.1. The van der Waals surface area contributed by atoms with E-state index in [1.807, 2.05) is 39.0 Å². The molecular weight excluding hydrogens is 300 g/mol. The van der Waals surface area contributed by atoms with Crippen molar-refractivity contribution in [3.05, 3.63) is 47.6 Å². The molecule has 132 valence electrons. The molecule has 3 nitrogen and oxygen atoms in total. The van der Waals surface area contributed by atoms with E-state index >= 15 is 0 Å². The molecule has 0 aromatic rings. The number of esters is 1. The molecule has 0 saturated heterocycles. The maximum absolute atomic E-state index is 12.0. The Morgan fingerprint density at radius 3 is 2.50 bits per heavy atom. The van der Waals surface area contributed by atoms with Crippen molar-refractivity contribution in [3.8, 4) is 0 Å². The summed E-state index contributed by atoms with van der Waals surface area (Å²) < 4.78 is 4.59. The Hall–Kier alpha value is -1.90. The summed E-state index contributed by atoms with van der Waals surface area (Å²) in [5, 5.41) is 0. The number of ketones is 1. The number of carbonyl (C=O) groups excluding carboxylic acids is 2. The summed E-state index contributed by atoms with van der Waals surface area (Å²) in [5.74, 6) is 0.371. The molecule has 0 bridgehead atoms. The molecule has 0 heterocycles. The molecule has 0 aromatic carbocycles. The highest BCUT2D eigenvalue weighted by atomic mass is 16.5. The van der Waals surface area contributed by atoms with Crippen molar-refractivity contribution in [1.29, 1.82) is 0 Å². The second-order valence-electron chi connectivity index (χ2n) is 7.31. The highest BCUT2D eigenvalue weighted by molar-refractivity contribution is 5.83. The van der Waals surface area contributed by atoms with Gasteiger partial charge in [-0.05, 0) is 37.2 Å². The summed E-state index contributed by atoms with van der Waals surface area (Å²) in [6.07, 6.45) is 13.1. The largest absolute Gasteiger partial charge is 0.466 e. The van der Waals surface area contributed by atoms with Crippen LogP contribution in [0.4, 0.5) is 0 Å². The van der Waals surface area contributed by atoms with Gasteiger partial charge in [-0.3, -0.25) is 4.79 Å². The van der Waals surface area contributed by atoms with E-state index in [2.05, 4.69) is 30.7 Å². The Bertz CT molecular complexity index is 588. The Kier molecular flexibility index (Phi) is 7.40. The van der Waals surface area contributed by atoms with Crippen molar-refractivity contribution in [2.45, 2.75) is 47.5 Å². The highest BCUT2D eigenvalue weighted by Gasteiger charge is 2.39. The topological polar surface area (TPSA) is 43.4 Å². The molecule has 1 aliphatic carbocycles. The fraction of sp³-hybridized carbons (Fsp3) is 0.524. The van der Waals surface area contributed by atoms with E-state index in [-0.39, 0.29) is 23.2 Å². The summed E-state index contributed by atoms with van der Waals surface area (Å²) in [7, 11) is 1.36. The van der Waals surface area contributed by atoms with Gasteiger partial charge in [-0.2, -0.15) is 0 Å². The predicted molar refractivity (Wildman–Crippen MR) is 98.5 cm³/mol. The number of ether oxygens (including phenoxy) is 1. The van der Waals surface area contributed by atoms with Gasteiger partial charge >= 0.3 is 5.97 Å². The lowest BCUT2D eigenvalue weighted by molar-refractivity contribution is -0.134.